The van der Waals surface area contributed by atoms with Gasteiger partial charge in [-0.25, -0.2) is 0 Å². The van der Waals surface area contributed by atoms with E-state index < -0.39 is 6.10 Å². The van der Waals surface area contributed by atoms with Crippen LogP contribution in [0.3, 0.4) is 0 Å². The number of hydrogen-bond acceptors (Lipinski definition) is 5. The van der Waals surface area contributed by atoms with Crippen LogP contribution in [0.5, 0.6) is 0 Å². The molecule has 0 aliphatic rings. The van der Waals surface area contributed by atoms with E-state index in [1.54, 1.807) is 22.9 Å². The highest BCUT2D eigenvalue weighted by Gasteiger charge is 2.20. The van der Waals surface area contributed by atoms with Crippen LogP contribution in [0.2, 0.25) is 0 Å². The fraction of sp³-hybridized carbons (Fsp3) is 0.438. The highest BCUT2D eigenvalue weighted by Crippen LogP contribution is 2.18. The van der Waals surface area contributed by atoms with E-state index in [4.69, 9.17) is 4.74 Å². The molecule has 1 amide bonds. The summed E-state index contributed by atoms with van der Waals surface area (Å²) in [5.41, 5.74) is 3.35. The third-order valence-electron chi connectivity index (χ3n) is 3.63. The molecule has 2 aromatic heterocycles. The van der Waals surface area contributed by atoms with Gasteiger partial charge in [-0.2, -0.15) is 16.4 Å². The lowest BCUT2D eigenvalue weighted by atomic mass is 10.2. The Hall–Kier alpha value is -2.15. The number of nitrogens with one attached hydrogen (secondary N) is 1. The standard InChI is InChI=1S/C16H21N3O3S/c1-10-15(11(2)19(4)18-10)17-16(21)12(3)22-14(20)6-5-13-7-8-23-9-13/h7-9,12H,5-6H2,1-4H3,(H,17,21). The van der Waals surface area contributed by atoms with Crippen molar-refractivity contribution in [1.29, 1.82) is 0 Å². The van der Waals surface area contributed by atoms with E-state index in [0.717, 1.165) is 17.0 Å². The molecule has 1 unspecified atom stereocenters. The molecule has 2 aromatic rings. The van der Waals surface area contributed by atoms with Gasteiger partial charge in [0.15, 0.2) is 6.10 Å². The maximum absolute atomic E-state index is 12.2. The van der Waals surface area contributed by atoms with Crippen LogP contribution in [0.4, 0.5) is 5.69 Å². The van der Waals surface area contributed by atoms with E-state index in [0.29, 0.717) is 12.1 Å². The van der Waals surface area contributed by atoms with Gasteiger partial charge < -0.3 is 10.1 Å². The molecule has 23 heavy (non-hydrogen) atoms. The van der Waals surface area contributed by atoms with Gasteiger partial charge in [0.2, 0.25) is 0 Å². The van der Waals surface area contributed by atoms with Gasteiger partial charge in [-0.3, -0.25) is 14.3 Å². The van der Waals surface area contributed by atoms with E-state index in [1.807, 2.05) is 37.7 Å². The lowest BCUT2D eigenvalue weighted by Crippen LogP contribution is -2.30. The van der Waals surface area contributed by atoms with E-state index in [-0.39, 0.29) is 18.3 Å². The molecular weight excluding hydrogens is 314 g/mol. The van der Waals surface area contributed by atoms with Crippen LogP contribution in [0.25, 0.3) is 0 Å². The minimum atomic E-state index is -0.844. The van der Waals surface area contributed by atoms with Crippen molar-refractivity contribution in [3.63, 3.8) is 0 Å². The van der Waals surface area contributed by atoms with E-state index in [9.17, 15) is 9.59 Å². The fourth-order valence-electron chi connectivity index (χ4n) is 2.17. The van der Waals surface area contributed by atoms with Crippen LogP contribution in [0.15, 0.2) is 16.8 Å². The molecule has 0 saturated heterocycles. The van der Waals surface area contributed by atoms with Gasteiger partial charge in [-0.15, -0.1) is 0 Å². The third kappa shape index (κ3) is 4.41. The molecule has 0 saturated carbocycles. The van der Waals surface area contributed by atoms with Crippen molar-refractivity contribution in [1.82, 2.24) is 9.78 Å². The van der Waals surface area contributed by atoms with E-state index in [1.165, 1.54) is 0 Å². The first-order chi connectivity index (χ1) is 10.9. The molecule has 0 aliphatic heterocycles. The van der Waals surface area contributed by atoms with Crippen molar-refractivity contribution >= 4 is 28.9 Å². The molecule has 2 rings (SSSR count). The first kappa shape index (κ1) is 17.2. The van der Waals surface area contributed by atoms with Crippen molar-refractivity contribution in [3.05, 3.63) is 33.8 Å². The van der Waals surface area contributed by atoms with E-state index in [2.05, 4.69) is 10.4 Å². The van der Waals surface area contributed by atoms with Gasteiger partial charge in [-0.05, 0) is 49.6 Å². The molecule has 0 radical (unpaired) electrons. The summed E-state index contributed by atoms with van der Waals surface area (Å²) in [6, 6.07) is 1.97. The first-order valence-corrected chi connectivity index (χ1v) is 8.34. The highest BCUT2D eigenvalue weighted by atomic mass is 32.1. The number of aromatic nitrogens is 2. The SMILES string of the molecule is Cc1nn(C)c(C)c1NC(=O)C(C)OC(=O)CCc1ccsc1. The zero-order valence-corrected chi connectivity index (χ0v) is 14.6. The van der Waals surface area contributed by atoms with Gasteiger partial charge in [0, 0.05) is 13.5 Å². The Morgan fingerprint density at radius 1 is 1.43 bits per heavy atom. The average molecular weight is 335 g/mol. The highest BCUT2D eigenvalue weighted by molar-refractivity contribution is 7.07. The molecule has 0 aromatic carbocycles. The van der Waals surface area contributed by atoms with Gasteiger partial charge >= 0.3 is 5.97 Å². The summed E-state index contributed by atoms with van der Waals surface area (Å²) < 4.78 is 6.89. The minimum Gasteiger partial charge on any atom is -0.453 e. The summed E-state index contributed by atoms with van der Waals surface area (Å²) in [7, 11) is 1.81. The molecular formula is C16H21N3O3S. The fourth-order valence-corrected chi connectivity index (χ4v) is 2.87. The predicted molar refractivity (Wildman–Crippen MR) is 89.5 cm³/mol. The van der Waals surface area contributed by atoms with Crippen LogP contribution in [-0.4, -0.2) is 27.8 Å². The number of ether oxygens (including phenoxy) is 1. The van der Waals surface area contributed by atoms with Crippen molar-refractivity contribution in [2.24, 2.45) is 7.05 Å². The number of esters is 1. The van der Waals surface area contributed by atoms with Gasteiger partial charge in [0.1, 0.15) is 0 Å². The van der Waals surface area contributed by atoms with Crippen LogP contribution in [0, 0.1) is 13.8 Å². The summed E-state index contributed by atoms with van der Waals surface area (Å²) in [5, 5.41) is 11.0. The Labute approximate surface area is 139 Å². The Bertz CT molecular complexity index is 692. The quantitative estimate of drug-likeness (QED) is 0.824. The van der Waals surface area contributed by atoms with Gasteiger partial charge in [0.05, 0.1) is 17.1 Å². The third-order valence-corrected chi connectivity index (χ3v) is 4.36. The van der Waals surface area contributed by atoms with Crippen molar-refractivity contribution in [2.45, 2.75) is 39.7 Å². The number of anilines is 1. The monoisotopic (exact) mass is 335 g/mol. The minimum absolute atomic E-state index is 0.263. The number of rotatable bonds is 6. The first-order valence-electron chi connectivity index (χ1n) is 7.40. The second-order valence-electron chi connectivity index (χ2n) is 5.42. The van der Waals surface area contributed by atoms with Gasteiger partial charge in [-0.1, -0.05) is 0 Å². The number of thiophene rings is 1. The molecule has 7 heteroatoms. The zero-order chi connectivity index (χ0) is 17.0. The Morgan fingerprint density at radius 3 is 2.74 bits per heavy atom. The topological polar surface area (TPSA) is 73.2 Å². The number of amides is 1. The van der Waals surface area contributed by atoms with Crippen LogP contribution in [0.1, 0.15) is 30.3 Å². The van der Waals surface area contributed by atoms with Gasteiger partial charge in [0.25, 0.3) is 5.91 Å². The smallest absolute Gasteiger partial charge is 0.306 e. The molecule has 1 N–H and O–H groups in total. The summed E-state index contributed by atoms with van der Waals surface area (Å²) in [6.07, 6.45) is 0.0422. The number of aryl methyl sites for hydroxylation is 3. The molecule has 0 spiro atoms. The summed E-state index contributed by atoms with van der Waals surface area (Å²) in [6.45, 7) is 5.26. The second kappa shape index (κ2) is 7.41. The van der Waals surface area contributed by atoms with Crippen molar-refractivity contribution in [2.75, 3.05) is 5.32 Å². The largest absolute Gasteiger partial charge is 0.453 e. The average Bonchev–Trinajstić information content (AvgIpc) is 3.09. The molecule has 0 aliphatic carbocycles. The zero-order valence-electron chi connectivity index (χ0n) is 13.8. The molecule has 1 atom stereocenters. The van der Waals surface area contributed by atoms with E-state index >= 15 is 0 Å². The molecule has 2 heterocycles. The summed E-state index contributed by atoms with van der Waals surface area (Å²) in [5.74, 6) is -0.730. The normalized spacial score (nSPS) is 12.0. The van der Waals surface area contributed by atoms with Crippen molar-refractivity contribution < 1.29 is 14.3 Å². The van der Waals surface area contributed by atoms with Crippen LogP contribution in [-0.2, 0) is 27.8 Å². The molecule has 0 fully saturated rings. The number of hydrogen-bond donors (Lipinski definition) is 1. The Balaban J connectivity index is 1.85. The van der Waals surface area contributed by atoms with Crippen molar-refractivity contribution in [3.8, 4) is 0 Å². The Kier molecular flexibility index (Phi) is 5.54. The predicted octanol–water partition coefficient (Wildman–Crippen LogP) is 2.60. The van der Waals surface area contributed by atoms with Crippen LogP contribution < -0.4 is 5.32 Å². The molecule has 124 valence electrons. The second-order valence-corrected chi connectivity index (χ2v) is 6.20. The van der Waals surface area contributed by atoms with Crippen LogP contribution >= 0.6 is 11.3 Å². The number of carbonyl (C=O) groups is 2. The maximum Gasteiger partial charge on any atom is 0.306 e. The molecule has 0 bridgehead atoms. The number of carbonyl (C=O) groups excluding carboxylic acids is 2. The lowest BCUT2D eigenvalue weighted by Gasteiger charge is -2.13. The number of nitrogens with zero attached hydrogens (tertiary/aromatic N) is 2. The lowest BCUT2D eigenvalue weighted by molar-refractivity contribution is -0.153. The summed E-state index contributed by atoms with van der Waals surface area (Å²) in [4.78, 5) is 24.0. The summed E-state index contributed by atoms with van der Waals surface area (Å²) >= 11 is 1.59. The molecule has 6 nitrogen and oxygen atoms in total. The maximum atomic E-state index is 12.2. The Morgan fingerprint density at radius 2 is 2.17 bits per heavy atom.